The second kappa shape index (κ2) is 7.05. The van der Waals surface area contributed by atoms with E-state index in [1.807, 2.05) is 50.8 Å². The third-order valence-electron chi connectivity index (χ3n) is 7.90. The molecule has 4 heterocycles. The fourth-order valence-electron chi connectivity index (χ4n) is 5.15. The van der Waals surface area contributed by atoms with Crippen molar-refractivity contribution in [2.24, 2.45) is 0 Å². The molecule has 0 radical (unpaired) electrons. The predicted octanol–water partition coefficient (Wildman–Crippen LogP) is 1.98. The van der Waals surface area contributed by atoms with Gasteiger partial charge in [-0.1, -0.05) is 12.1 Å². The summed E-state index contributed by atoms with van der Waals surface area (Å²) in [4.78, 5) is 27.6. The van der Waals surface area contributed by atoms with Crippen molar-refractivity contribution in [1.29, 1.82) is 0 Å². The molecule has 7 nitrogen and oxygen atoms in total. The van der Waals surface area contributed by atoms with Gasteiger partial charge in [-0.3, -0.25) is 9.59 Å². The van der Waals surface area contributed by atoms with E-state index in [9.17, 15) is 9.59 Å². The number of amides is 2. The lowest BCUT2D eigenvalue weighted by Crippen LogP contribution is -2.50. The van der Waals surface area contributed by atoms with E-state index < -0.39 is 23.7 Å². The van der Waals surface area contributed by atoms with Crippen molar-refractivity contribution >= 4 is 30.1 Å². The zero-order valence-electron chi connectivity index (χ0n) is 18.8. The van der Waals surface area contributed by atoms with Crippen LogP contribution in [0.3, 0.4) is 0 Å². The van der Waals surface area contributed by atoms with Crippen LogP contribution in [0.4, 0.5) is 5.69 Å². The molecular weight excluding hydrogens is 395 g/mol. The van der Waals surface area contributed by atoms with Gasteiger partial charge in [0, 0.05) is 25.4 Å². The average molecular weight is 426 g/mol. The first-order valence-corrected chi connectivity index (χ1v) is 11.3. The van der Waals surface area contributed by atoms with Gasteiger partial charge in [0.1, 0.15) is 6.10 Å². The van der Waals surface area contributed by atoms with Crippen LogP contribution in [-0.2, 0) is 29.0 Å². The average Bonchev–Trinajstić information content (AvgIpc) is 3.40. The maximum Gasteiger partial charge on any atom is 0.494 e. The highest BCUT2D eigenvalue weighted by Crippen LogP contribution is 2.45. The lowest BCUT2D eigenvalue weighted by molar-refractivity contribution is -0.143. The largest absolute Gasteiger partial charge is 0.494 e. The van der Waals surface area contributed by atoms with Crippen molar-refractivity contribution in [1.82, 2.24) is 4.90 Å². The smallest absolute Gasteiger partial charge is 0.399 e. The number of ether oxygens (including phenoxy) is 1. The Balaban J connectivity index is 1.34. The molecule has 2 amide bonds. The van der Waals surface area contributed by atoms with E-state index in [1.54, 1.807) is 0 Å². The van der Waals surface area contributed by atoms with Crippen LogP contribution in [0.25, 0.3) is 0 Å². The Kier molecular flexibility index (Phi) is 4.77. The second-order valence-electron chi connectivity index (χ2n) is 10.3. The maximum absolute atomic E-state index is 13.1. The van der Waals surface area contributed by atoms with E-state index in [4.69, 9.17) is 14.0 Å². The molecule has 1 spiro atoms. The molecule has 0 unspecified atom stereocenters. The molecule has 4 aliphatic rings. The summed E-state index contributed by atoms with van der Waals surface area (Å²) in [5.74, 6) is 0.0971. The van der Waals surface area contributed by atoms with Crippen molar-refractivity contribution in [3.8, 4) is 0 Å². The number of nitrogens with zero attached hydrogens (tertiary/aromatic N) is 1. The molecule has 0 saturated carbocycles. The van der Waals surface area contributed by atoms with E-state index in [2.05, 4.69) is 5.32 Å². The van der Waals surface area contributed by atoms with Gasteiger partial charge in [-0.05, 0) is 70.5 Å². The lowest BCUT2D eigenvalue weighted by Gasteiger charge is -2.38. The van der Waals surface area contributed by atoms with Crippen molar-refractivity contribution in [3.63, 3.8) is 0 Å². The lowest BCUT2D eigenvalue weighted by atomic mass is 9.71. The Morgan fingerprint density at radius 2 is 1.81 bits per heavy atom. The van der Waals surface area contributed by atoms with Crippen LogP contribution in [0.2, 0.25) is 0 Å². The first-order chi connectivity index (χ1) is 14.6. The number of carbonyl (C=O) groups is 2. The molecule has 1 aromatic carbocycles. The van der Waals surface area contributed by atoms with Gasteiger partial charge in [-0.25, -0.2) is 0 Å². The van der Waals surface area contributed by atoms with Gasteiger partial charge in [0.15, 0.2) is 0 Å². The van der Waals surface area contributed by atoms with Gasteiger partial charge in [0.2, 0.25) is 5.91 Å². The van der Waals surface area contributed by atoms with E-state index in [-0.39, 0.29) is 17.9 Å². The van der Waals surface area contributed by atoms with Crippen LogP contribution in [0, 0.1) is 0 Å². The molecule has 31 heavy (non-hydrogen) atoms. The second-order valence-corrected chi connectivity index (χ2v) is 10.3. The Morgan fingerprint density at radius 3 is 2.42 bits per heavy atom. The van der Waals surface area contributed by atoms with Crippen molar-refractivity contribution in [3.05, 3.63) is 23.8 Å². The summed E-state index contributed by atoms with van der Waals surface area (Å²) in [7, 11) is -0.463. The van der Waals surface area contributed by atoms with Gasteiger partial charge in [-0.15, -0.1) is 0 Å². The summed E-state index contributed by atoms with van der Waals surface area (Å²) in [6.45, 7) is 9.93. The summed E-state index contributed by atoms with van der Waals surface area (Å²) >= 11 is 0. The highest BCUT2D eigenvalue weighted by atomic mass is 16.7. The molecule has 4 aliphatic heterocycles. The number of fused-ring (bicyclic) bond motifs is 2. The number of piperidine rings is 1. The van der Waals surface area contributed by atoms with Crippen molar-refractivity contribution in [2.75, 3.05) is 25.0 Å². The first kappa shape index (κ1) is 21.0. The number of benzene rings is 1. The summed E-state index contributed by atoms with van der Waals surface area (Å²) in [6, 6.07) is 6.02. The van der Waals surface area contributed by atoms with Crippen molar-refractivity contribution in [2.45, 2.75) is 76.1 Å². The highest BCUT2D eigenvalue weighted by molar-refractivity contribution is 6.62. The van der Waals surface area contributed by atoms with E-state index in [0.717, 1.165) is 29.6 Å². The number of likely N-dealkylation sites (tertiary alicyclic amines) is 1. The Bertz CT molecular complexity index is 901. The third-order valence-corrected chi connectivity index (χ3v) is 7.90. The van der Waals surface area contributed by atoms with Gasteiger partial charge in [0.25, 0.3) is 5.91 Å². The Morgan fingerprint density at radius 1 is 1.13 bits per heavy atom. The number of nitrogens with one attached hydrogen (secondary N) is 1. The predicted molar refractivity (Wildman–Crippen MR) is 117 cm³/mol. The monoisotopic (exact) mass is 426 g/mol. The fourth-order valence-corrected chi connectivity index (χ4v) is 5.15. The van der Waals surface area contributed by atoms with Crippen LogP contribution >= 0.6 is 0 Å². The fraction of sp³-hybridized carbons (Fsp3) is 0.652. The standard InChI is InChI=1S/C23H31BN2O5/c1-21(2)22(3,4)31-24(30-21)15-7-8-16-17(14-15)25-20(28)23(16)9-11-26(12-10-23)19(27)18-6-5-13-29-18/h7-8,14,18H,5-6,9-13H2,1-4H3,(H,25,28)/t18-/m1/s1. The molecule has 8 heteroatoms. The van der Waals surface area contributed by atoms with E-state index in [0.29, 0.717) is 32.5 Å². The molecule has 0 aliphatic carbocycles. The number of hydrogen-bond acceptors (Lipinski definition) is 5. The van der Waals surface area contributed by atoms with E-state index in [1.165, 1.54) is 0 Å². The SMILES string of the molecule is CC1(C)OB(c2ccc3c(c2)NC(=O)C32CCN(C(=O)[C@H]3CCCO3)CC2)OC1(C)C. The molecule has 1 atom stereocenters. The Hall–Kier alpha value is -1.90. The molecule has 166 valence electrons. The molecule has 5 rings (SSSR count). The molecule has 0 aromatic heterocycles. The zero-order valence-corrected chi connectivity index (χ0v) is 18.8. The topological polar surface area (TPSA) is 77.1 Å². The summed E-state index contributed by atoms with van der Waals surface area (Å²) in [6.07, 6.45) is 2.68. The van der Waals surface area contributed by atoms with Crippen LogP contribution < -0.4 is 10.8 Å². The quantitative estimate of drug-likeness (QED) is 0.732. The number of anilines is 1. The number of carbonyl (C=O) groups excluding carboxylic acids is 2. The number of rotatable bonds is 2. The molecule has 3 fully saturated rings. The van der Waals surface area contributed by atoms with Gasteiger partial charge >= 0.3 is 7.12 Å². The molecule has 3 saturated heterocycles. The highest BCUT2D eigenvalue weighted by Gasteiger charge is 2.53. The Labute approximate surface area is 183 Å². The molecule has 1 N–H and O–H groups in total. The van der Waals surface area contributed by atoms with E-state index >= 15 is 0 Å². The first-order valence-electron chi connectivity index (χ1n) is 11.3. The summed E-state index contributed by atoms with van der Waals surface area (Å²) in [5.41, 5.74) is 1.35. The molecule has 0 bridgehead atoms. The summed E-state index contributed by atoms with van der Waals surface area (Å²) in [5, 5.41) is 3.08. The normalized spacial score (nSPS) is 28.1. The minimum Gasteiger partial charge on any atom is -0.399 e. The minimum absolute atomic E-state index is 0.0257. The van der Waals surface area contributed by atoms with Gasteiger partial charge in [-0.2, -0.15) is 0 Å². The van der Waals surface area contributed by atoms with Crippen LogP contribution in [0.1, 0.15) is 58.9 Å². The molecule has 1 aromatic rings. The molecular formula is C23H31BN2O5. The van der Waals surface area contributed by atoms with Crippen molar-refractivity contribution < 1.29 is 23.6 Å². The van der Waals surface area contributed by atoms with Crippen LogP contribution in [0.5, 0.6) is 0 Å². The summed E-state index contributed by atoms with van der Waals surface area (Å²) < 4.78 is 17.9. The zero-order chi connectivity index (χ0) is 22.0. The van der Waals surface area contributed by atoms with Gasteiger partial charge < -0.3 is 24.3 Å². The maximum atomic E-state index is 13.1. The minimum atomic E-state index is -0.572. The number of hydrogen-bond donors (Lipinski definition) is 1. The van der Waals surface area contributed by atoms with Crippen LogP contribution in [-0.4, -0.2) is 60.8 Å². The third kappa shape index (κ3) is 3.22. The van der Waals surface area contributed by atoms with Gasteiger partial charge in [0.05, 0.1) is 16.6 Å². The van der Waals surface area contributed by atoms with Crippen LogP contribution in [0.15, 0.2) is 18.2 Å².